The van der Waals surface area contributed by atoms with E-state index in [0.29, 0.717) is 19.0 Å². The van der Waals surface area contributed by atoms with Gasteiger partial charge in [0.2, 0.25) is 0 Å². The SMILES string of the molecule is Cc1ccc(C(C)C)c(OC[C@@H](O)CNCc2ccco2)c1. The fraction of sp³-hybridized carbons (Fsp3) is 0.444. The highest BCUT2D eigenvalue weighted by molar-refractivity contribution is 5.39. The largest absolute Gasteiger partial charge is 0.491 e. The molecule has 0 aliphatic carbocycles. The number of hydrogen-bond acceptors (Lipinski definition) is 4. The van der Waals surface area contributed by atoms with Crippen LogP contribution < -0.4 is 10.1 Å². The van der Waals surface area contributed by atoms with E-state index in [1.807, 2.05) is 25.1 Å². The lowest BCUT2D eigenvalue weighted by molar-refractivity contribution is 0.105. The fourth-order valence-electron chi connectivity index (χ4n) is 2.26. The average Bonchev–Trinajstić information content (AvgIpc) is 2.98. The lowest BCUT2D eigenvalue weighted by Crippen LogP contribution is -2.31. The van der Waals surface area contributed by atoms with E-state index in [-0.39, 0.29) is 6.61 Å². The molecule has 1 atom stereocenters. The summed E-state index contributed by atoms with van der Waals surface area (Å²) in [4.78, 5) is 0. The predicted octanol–water partition coefficient (Wildman–Crippen LogP) is 3.24. The summed E-state index contributed by atoms with van der Waals surface area (Å²) in [6.07, 6.45) is 1.08. The van der Waals surface area contributed by atoms with Gasteiger partial charge >= 0.3 is 0 Å². The maximum absolute atomic E-state index is 10.0. The Bertz CT molecular complexity index is 564. The number of aliphatic hydroxyl groups is 1. The van der Waals surface area contributed by atoms with Gasteiger partial charge in [0.15, 0.2) is 0 Å². The molecule has 1 heterocycles. The minimum atomic E-state index is -0.560. The first-order valence-corrected chi connectivity index (χ1v) is 7.70. The van der Waals surface area contributed by atoms with Crippen LogP contribution in [0.15, 0.2) is 41.0 Å². The van der Waals surface area contributed by atoms with Crippen molar-refractivity contribution in [2.45, 2.75) is 39.3 Å². The third kappa shape index (κ3) is 4.90. The van der Waals surface area contributed by atoms with E-state index in [1.54, 1.807) is 6.26 Å². The van der Waals surface area contributed by atoms with Crippen LogP contribution in [0.3, 0.4) is 0 Å². The molecule has 0 aliphatic rings. The lowest BCUT2D eigenvalue weighted by Gasteiger charge is -2.17. The quantitative estimate of drug-likeness (QED) is 0.786. The van der Waals surface area contributed by atoms with Crippen LogP contribution in [0.25, 0.3) is 0 Å². The molecule has 0 spiro atoms. The molecule has 22 heavy (non-hydrogen) atoms. The Morgan fingerprint density at radius 1 is 1.27 bits per heavy atom. The van der Waals surface area contributed by atoms with Crippen molar-refractivity contribution in [1.29, 1.82) is 0 Å². The van der Waals surface area contributed by atoms with Crippen LogP contribution in [0.5, 0.6) is 5.75 Å². The van der Waals surface area contributed by atoms with Crippen molar-refractivity contribution in [2.24, 2.45) is 0 Å². The van der Waals surface area contributed by atoms with Crippen molar-refractivity contribution in [3.05, 3.63) is 53.5 Å². The number of rotatable bonds is 8. The highest BCUT2D eigenvalue weighted by Crippen LogP contribution is 2.27. The summed E-state index contributed by atoms with van der Waals surface area (Å²) >= 11 is 0. The number of benzene rings is 1. The number of hydrogen-bond donors (Lipinski definition) is 2. The molecule has 0 saturated heterocycles. The van der Waals surface area contributed by atoms with Gasteiger partial charge in [-0.3, -0.25) is 0 Å². The molecule has 0 bridgehead atoms. The zero-order valence-corrected chi connectivity index (χ0v) is 13.5. The first-order chi connectivity index (χ1) is 10.6. The van der Waals surface area contributed by atoms with Crippen molar-refractivity contribution in [3.8, 4) is 5.75 Å². The van der Waals surface area contributed by atoms with Crippen LogP contribution in [-0.2, 0) is 6.54 Å². The number of aliphatic hydroxyl groups excluding tert-OH is 1. The molecule has 0 radical (unpaired) electrons. The van der Waals surface area contributed by atoms with Gasteiger partial charge in [0.05, 0.1) is 12.8 Å². The van der Waals surface area contributed by atoms with Gasteiger partial charge in [-0.2, -0.15) is 0 Å². The van der Waals surface area contributed by atoms with Crippen molar-refractivity contribution >= 4 is 0 Å². The molecule has 2 aromatic rings. The van der Waals surface area contributed by atoms with Gasteiger partial charge in [-0.1, -0.05) is 26.0 Å². The second kappa shape index (κ2) is 8.01. The van der Waals surface area contributed by atoms with E-state index in [9.17, 15) is 5.11 Å². The van der Waals surface area contributed by atoms with Crippen molar-refractivity contribution in [1.82, 2.24) is 5.32 Å². The summed E-state index contributed by atoms with van der Waals surface area (Å²) in [5.41, 5.74) is 2.33. The van der Waals surface area contributed by atoms with Crippen LogP contribution in [0.2, 0.25) is 0 Å². The Labute approximate surface area is 132 Å². The van der Waals surface area contributed by atoms with E-state index in [1.165, 1.54) is 5.56 Å². The molecule has 2 N–H and O–H groups in total. The molecule has 1 aromatic carbocycles. The molecule has 4 nitrogen and oxygen atoms in total. The average molecular weight is 303 g/mol. The molecule has 4 heteroatoms. The molecule has 0 fully saturated rings. The summed E-state index contributed by atoms with van der Waals surface area (Å²) in [6, 6.07) is 9.96. The Morgan fingerprint density at radius 2 is 2.09 bits per heavy atom. The summed E-state index contributed by atoms with van der Waals surface area (Å²) in [5, 5.41) is 13.2. The zero-order valence-electron chi connectivity index (χ0n) is 13.5. The summed E-state index contributed by atoms with van der Waals surface area (Å²) in [7, 11) is 0. The second-order valence-electron chi connectivity index (χ2n) is 5.87. The monoisotopic (exact) mass is 303 g/mol. The molecule has 0 aliphatic heterocycles. The van der Waals surface area contributed by atoms with Crippen LogP contribution in [0.1, 0.15) is 36.7 Å². The molecular weight excluding hydrogens is 278 g/mol. The third-order valence-electron chi connectivity index (χ3n) is 3.48. The van der Waals surface area contributed by atoms with Crippen LogP contribution in [0, 0.1) is 6.92 Å². The van der Waals surface area contributed by atoms with Gasteiger partial charge in [-0.15, -0.1) is 0 Å². The third-order valence-corrected chi connectivity index (χ3v) is 3.48. The number of aryl methyl sites for hydroxylation is 1. The predicted molar refractivity (Wildman–Crippen MR) is 87.2 cm³/mol. The van der Waals surface area contributed by atoms with Crippen LogP contribution >= 0.6 is 0 Å². The van der Waals surface area contributed by atoms with E-state index in [2.05, 4.69) is 31.3 Å². The van der Waals surface area contributed by atoms with Gasteiger partial charge in [-0.25, -0.2) is 0 Å². The van der Waals surface area contributed by atoms with E-state index < -0.39 is 6.10 Å². The van der Waals surface area contributed by atoms with Gasteiger partial charge in [0, 0.05) is 6.54 Å². The van der Waals surface area contributed by atoms with Crippen molar-refractivity contribution in [3.63, 3.8) is 0 Å². The number of furan rings is 1. The van der Waals surface area contributed by atoms with E-state index >= 15 is 0 Å². The normalized spacial score (nSPS) is 12.6. The zero-order chi connectivity index (χ0) is 15.9. The van der Waals surface area contributed by atoms with Crippen molar-refractivity contribution < 1.29 is 14.3 Å². The van der Waals surface area contributed by atoms with Gasteiger partial charge in [-0.05, 0) is 42.2 Å². The lowest BCUT2D eigenvalue weighted by atomic mass is 10.0. The molecule has 120 valence electrons. The molecule has 1 aromatic heterocycles. The van der Waals surface area contributed by atoms with Gasteiger partial charge in [0.1, 0.15) is 24.2 Å². The molecular formula is C18H25NO3. The highest BCUT2D eigenvalue weighted by Gasteiger charge is 2.11. The fourth-order valence-corrected chi connectivity index (χ4v) is 2.26. The number of nitrogens with one attached hydrogen (secondary N) is 1. The topological polar surface area (TPSA) is 54.6 Å². The Morgan fingerprint density at radius 3 is 2.77 bits per heavy atom. The molecule has 0 unspecified atom stereocenters. The maximum atomic E-state index is 10.0. The minimum absolute atomic E-state index is 0.272. The summed E-state index contributed by atoms with van der Waals surface area (Å²) in [5.74, 6) is 2.11. The number of ether oxygens (including phenoxy) is 1. The standard InChI is InChI=1S/C18H25NO3/c1-13(2)17-7-6-14(3)9-18(17)22-12-15(20)10-19-11-16-5-4-8-21-16/h4-9,13,15,19-20H,10-12H2,1-3H3/t15-/m0/s1. The van der Waals surface area contributed by atoms with E-state index in [0.717, 1.165) is 17.1 Å². The molecule has 0 saturated carbocycles. The van der Waals surface area contributed by atoms with Gasteiger partial charge < -0.3 is 19.6 Å². The van der Waals surface area contributed by atoms with Crippen molar-refractivity contribution in [2.75, 3.05) is 13.2 Å². The Balaban J connectivity index is 1.80. The minimum Gasteiger partial charge on any atom is -0.491 e. The van der Waals surface area contributed by atoms with Crippen LogP contribution in [-0.4, -0.2) is 24.4 Å². The Kier molecular flexibility index (Phi) is 6.04. The maximum Gasteiger partial charge on any atom is 0.123 e. The first kappa shape index (κ1) is 16.6. The second-order valence-corrected chi connectivity index (χ2v) is 5.87. The molecule has 0 amide bonds. The summed E-state index contributed by atoms with van der Waals surface area (Å²) in [6.45, 7) is 7.65. The highest BCUT2D eigenvalue weighted by atomic mass is 16.5. The van der Waals surface area contributed by atoms with Gasteiger partial charge in [0.25, 0.3) is 0 Å². The molecule has 2 rings (SSSR count). The van der Waals surface area contributed by atoms with E-state index in [4.69, 9.17) is 9.15 Å². The first-order valence-electron chi connectivity index (χ1n) is 7.70. The Hall–Kier alpha value is -1.78. The smallest absolute Gasteiger partial charge is 0.123 e. The van der Waals surface area contributed by atoms with Crippen LogP contribution in [0.4, 0.5) is 0 Å². The summed E-state index contributed by atoms with van der Waals surface area (Å²) < 4.78 is 11.0.